The van der Waals surface area contributed by atoms with Gasteiger partial charge in [-0.3, -0.25) is 0 Å². The van der Waals surface area contributed by atoms with Crippen molar-refractivity contribution in [1.82, 2.24) is 10.3 Å². The van der Waals surface area contributed by atoms with Gasteiger partial charge in [-0.15, -0.1) is 11.3 Å². The van der Waals surface area contributed by atoms with E-state index in [4.69, 9.17) is 9.84 Å². The lowest BCUT2D eigenvalue weighted by molar-refractivity contribution is 0.0697. The fourth-order valence-electron chi connectivity index (χ4n) is 1.80. The number of aromatic nitrogens is 1. The highest BCUT2D eigenvalue weighted by Crippen LogP contribution is 2.18. The quantitative estimate of drug-likeness (QED) is 0.770. The molecule has 0 aliphatic rings. The second kappa shape index (κ2) is 7.19. The smallest absolute Gasteiger partial charge is 0.335 e. The van der Waals surface area contributed by atoms with Gasteiger partial charge in [0.2, 0.25) is 0 Å². The van der Waals surface area contributed by atoms with Gasteiger partial charge < -0.3 is 15.2 Å². The number of aromatic carboxylic acids is 1. The minimum absolute atomic E-state index is 0.196. The zero-order valence-corrected chi connectivity index (χ0v) is 12.8. The Hall–Kier alpha value is -1.92. The van der Waals surface area contributed by atoms with Crippen LogP contribution in [0.15, 0.2) is 30.5 Å². The molecule has 0 aliphatic heterocycles. The van der Waals surface area contributed by atoms with Gasteiger partial charge in [0.25, 0.3) is 0 Å². The summed E-state index contributed by atoms with van der Waals surface area (Å²) in [6, 6.07) is 6.59. The first-order valence-electron chi connectivity index (χ1n) is 6.68. The molecule has 112 valence electrons. The van der Waals surface area contributed by atoms with E-state index in [1.807, 2.05) is 13.1 Å². The average Bonchev–Trinajstić information content (AvgIpc) is 2.90. The molecule has 0 radical (unpaired) electrons. The van der Waals surface area contributed by atoms with E-state index < -0.39 is 5.97 Å². The fourth-order valence-corrected chi connectivity index (χ4v) is 2.60. The summed E-state index contributed by atoms with van der Waals surface area (Å²) in [5.41, 5.74) is 0.258. The predicted molar refractivity (Wildman–Crippen MR) is 82.2 cm³/mol. The Morgan fingerprint density at radius 3 is 2.71 bits per heavy atom. The van der Waals surface area contributed by atoms with Crippen molar-refractivity contribution in [2.75, 3.05) is 13.2 Å². The monoisotopic (exact) mass is 306 g/mol. The lowest BCUT2D eigenvalue weighted by atomic mass is 10.2. The summed E-state index contributed by atoms with van der Waals surface area (Å²) in [6.45, 7) is 5.32. The van der Waals surface area contributed by atoms with Crippen molar-refractivity contribution in [3.63, 3.8) is 0 Å². The molecule has 1 atom stereocenters. The molecule has 0 spiro atoms. The lowest BCUT2D eigenvalue weighted by Gasteiger charge is -2.12. The molecule has 0 amide bonds. The van der Waals surface area contributed by atoms with Gasteiger partial charge in [-0.25, -0.2) is 9.78 Å². The Kier molecular flexibility index (Phi) is 5.30. The van der Waals surface area contributed by atoms with Crippen LogP contribution >= 0.6 is 11.3 Å². The highest BCUT2D eigenvalue weighted by Gasteiger charge is 2.08. The van der Waals surface area contributed by atoms with E-state index in [9.17, 15) is 4.79 Å². The van der Waals surface area contributed by atoms with E-state index in [1.54, 1.807) is 23.5 Å². The Morgan fingerprint density at radius 2 is 2.14 bits per heavy atom. The minimum Gasteiger partial charge on any atom is -0.492 e. The number of hydrogen-bond donors (Lipinski definition) is 2. The maximum Gasteiger partial charge on any atom is 0.335 e. The second-order valence-electron chi connectivity index (χ2n) is 4.66. The van der Waals surface area contributed by atoms with Gasteiger partial charge in [0.1, 0.15) is 17.4 Å². The Bertz CT molecular complexity index is 595. The molecule has 1 unspecified atom stereocenters. The van der Waals surface area contributed by atoms with Crippen molar-refractivity contribution in [1.29, 1.82) is 0 Å². The van der Waals surface area contributed by atoms with Crippen molar-refractivity contribution in [2.45, 2.75) is 19.9 Å². The molecule has 6 heteroatoms. The number of carboxylic acid groups (broad SMARTS) is 1. The number of aryl methyl sites for hydroxylation is 1. The summed E-state index contributed by atoms with van der Waals surface area (Å²) in [5.74, 6) is -0.268. The maximum absolute atomic E-state index is 10.7. The maximum atomic E-state index is 10.7. The first-order chi connectivity index (χ1) is 10.1. The fraction of sp³-hybridized carbons (Fsp3) is 0.333. The number of hydrogen-bond acceptors (Lipinski definition) is 5. The van der Waals surface area contributed by atoms with Gasteiger partial charge >= 0.3 is 5.97 Å². The van der Waals surface area contributed by atoms with Crippen molar-refractivity contribution >= 4 is 17.3 Å². The van der Waals surface area contributed by atoms with Gasteiger partial charge in [-0.05, 0) is 38.1 Å². The molecular formula is C15H18N2O3S. The molecule has 2 rings (SSSR count). The van der Waals surface area contributed by atoms with Gasteiger partial charge in [-0.2, -0.15) is 0 Å². The van der Waals surface area contributed by atoms with Crippen LogP contribution in [0.25, 0.3) is 0 Å². The van der Waals surface area contributed by atoms with Crippen LogP contribution in [0.4, 0.5) is 0 Å². The predicted octanol–water partition coefficient (Wildman–Crippen LogP) is 2.88. The molecule has 21 heavy (non-hydrogen) atoms. The van der Waals surface area contributed by atoms with E-state index in [0.29, 0.717) is 18.9 Å². The van der Waals surface area contributed by atoms with Gasteiger partial charge in [-0.1, -0.05) is 0 Å². The molecular weight excluding hydrogens is 288 g/mol. The zero-order chi connectivity index (χ0) is 15.2. The van der Waals surface area contributed by atoms with Gasteiger partial charge in [0, 0.05) is 17.6 Å². The molecule has 2 aromatic rings. The van der Waals surface area contributed by atoms with E-state index in [2.05, 4.69) is 17.2 Å². The number of nitrogens with one attached hydrogen (secondary N) is 1. The highest BCUT2D eigenvalue weighted by atomic mass is 32.1. The van der Waals surface area contributed by atoms with Gasteiger partial charge in [0.15, 0.2) is 0 Å². The molecule has 5 nitrogen and oxygen atoms in total. The molecule has 0 bridgehead atoms. The average molecular weight is 306 g/mol. The number of carboxylic acids is 1. The number of benzene rings is 1. The van der Waals surface area contributed by atoms with Crippen LogP contribution in [0.5, 0.6) is 5.75 Å². The van der Waals surface area contributed by atoms with Crippen molar-refractivity contribution in [3.05, 3.63) is 45.9 Å². The van der Waals surface area contributed by atoms with Crippen LogP contribution in [0.2, 0.25) is 0 Å². The van der Waals surface area contributed by atoms with E-state index in [-0.39, 0.29) is 11.6 Å². The minimum atomic E-state index is -0.934. The number of carbonyl (C=O) groups is 1. The van der Waals surface area contributed by atoms with E-state index >= 15 is 0 Å². The molecule has 1 heterocycles. The van der Waals surface area contributed by atoms with Gasteiger partial charge in [0.05, 0.1) is 11.6 Å². The van der Waals surface area contributed by atoms with Crippen molar-refractivity contribution in [2.24, 2.45) is 0 Å². The third-order valence-corrected chi connectivity index (χ3v) is 4.03. The third-order valence-electron chi connectivity index (χ3n) is 2.93. The van der Waals surface area contributed by atoms with Crippen LogP contribution in [0, 0.1) is 6.92 Å². The van der Waals surface area contributed by atoms with E-state index in [1.165, 1.54) is 17.0 Å². The first-order valence-corrected chi connectivity index (χ1v) is 7.50. The molecule has 1 aromatic carbocycles. The number of thiazole rings is 1. The summed E-state index contributed by atoms with van der Waals surface area (Å²) in [6.07, 6.45) is 1.87. The van der Waals surface area contributed by atoms with Crippen molar-refractivity contribution in [3.8, 4) is 5.75 Å². The normalized spacial score (nSPS) is 12.1. The number of rotatable bonds is 7. The summed E-state index contributed by atoms with van der Waals surface area (Å²) < 4.78 is 5.56. The highest BCUT2D eigenvalue weighted by molar-refractivity contribution is 7.11. The Morgan fingerprint density at radius 1 is 1.43 bits per heavy atom. The lowest BCUT2D eigenvalue weighted by Crippen LogP contribution is -2.24. The largest absolute Gasteiger partial charge is 0.492 e. The number of nitrogens with zero attached hydrogens (tertiary/aromatic N) is 1. The topological polar surface area (TPSA) is 71.5 Å². The molecule has 0 saturated heterocycles. The number of ether oxygens (including phenoxy) is 1. The van der Waals surface area contributed by atoms with E-state index in [0.717, 1.165) is 5.01 Å². The van der Waals surface area contributed by atoms with Crippen LogP contribution in [0.1, 0.15) is 33.2 Å². The molecule has 0 saturated carbocycles. The summed E-state index contributed by atoms with van der Waals surface area (Å²) in [5, 5.41) is 13.2. The Labute approximate surface area is 127 Å². The van der Waals surface area contributed by atoms with Crippen LogP contribution in [0.3, 0.4) is 0 Å². The van der Waals surface area contributed by atoms with Crippen LogP contribution in [-0.2, 0) is 0 Å². The third kappa shape index (κ3) is 4.54. The first kappa shape index (κ1) is 15.5. The second-order valence-corrected chi connectivity index (χ2v) is 5.93. The Balaban J connectivity index is 1.73. The summed E-state index contributed by atoms with van der Waals surface area (Å²) in [4.78, 5) is 16.3. The molecule has 2 N–H and O–H groups in total. The zero-order valence-electron chi connectivity index (χ0n) is 12.0. The molecule has 0 aliphatic carbocycles. The molecule has 1 aromatic heterocycles. The standard InChI is InChI=1S/C15H18N2O3S/c1-10-9-17-14(21-10)11(2)16-7-8-20-13-5-3-12(4-6-13)15(18)19/h3-6,9,11,16H,7-8H2,1-2H3,(H,18,19). The van der Waals surface area contributed by atoms with Crippen molar-refractivity contribution < 1.29 is 14.6 Å². The molecule has 0 fully saturated rings. The summed E-state index contributed by atoms with van der Waals surface area (Å²) >= 11 is 1.68. The van der Waals surface area contributed by atoms with Crippen LogP contribution in [-0.4, -0.2) is 29.2 Å². The SMILES string of the molecule is Cc1cnc(C(C)NCCOc2ccc(C(=O)O)cc2)s1. The summed E-state index contributed by atoms with van der Waals surface area (Å²) in [7, 11) is 0. The van der Waals surface area contributed by atoms with Crippen LogP contribution < -0.4 is 10.1 Å².